The van der Waals surface area contributed by atoms with Gasteiger partial charge in [-0.25, -0.2) is 0 Å². The first kappa shape index (κ1) is 11.2. The van der Waals surface area contributed by atoms with Crippen LogP contribution in [0.25, 0.3) is 10.4 Å². The Morgan fingerprint density at radius 1 is 1.33 bits per heavy atom. The first-order valence-electron chi connectivity index (χ1n) is 3.87. The molecule has 0 saturated carbocycles. The number of rotatable bonds is 3. The highest BCUT2D eigenvalue weighted by Crippen LogP contribution is 2.22. The number of ether oxygens (including phenoxy) is 1. The van der Waals surface area contributed by atoms with E-state index in [1.807, 2.05) is 0 Å². The van der Waals surface area contributed by atoms with Gasteiger partial charge in [-0.3, -0.25) is 0 Å². The summed E-state index contributed by atoms with van der Waals surface area (Å²) in [6.45, 7) is 0.1000. The number of azide groups is 1. The fraction of sp³-hybridized carbons (Fsp3) is 0.250. The van der Waals surface area contributed by atoms with Crippen molar-refractivity contribution in [3.05, 3.63) is 40.3 Å². The van der Waals surface area contributed by atoms with Crippen molar-refractivity contribution in [1.29, 1.82) is 0 Å². The maximum Gasteiger partial charge on any atom is 0.573 e. The van der Waals surface area contributed by atoms with E-state index in [0.29, 0.717) is 5.56 Å². The van der Waals surface area contributed by atoms with Crippen molar-refractivity contribution in [1.82, 2.24) is 0 Å². The normalized spacial score (nSPS) is 10.6. The Morgan fingerprint density at radius 2 is 1.93 bits per heavy atom. The van der Waals surface area contributed by atoms with Gasteiger partial charge in [-0.15, -0.1) is 13.2 Å². The van der Waals surface area contributed by atoms with Crippen molar-refractivity contribution in [2.75, 3.05) is 0 Å². The van der Waals surface area contributed by atoms with Gasteiger partial charge in [-0.05, 0) is 23.2 Å². The number of nitrogens with zero attached hydrogens (tertiary/aromatic N) is 3. The second-order valence-corrected chi connectivity index (χ2v) is 2.58. The molecular weight excluding hydrogens is 211 g/mol. The highest BCUT2D eigenvalue weighted by Gasteiger charge is 2.30. The summed E-state index contributed by atoms with van der Waals surface area (Å²) in [5, 5.41) is 3.26. The van der Waals surface area contributed by atoms with Gasteiger partial charge in [-0.2, -0.15) is 0 Å². The highest BCUT2D eigenvalue weighted by molar-refractivity contribution is 5.27. The van der Waals surface area contributed by atoms with Crippen LogP contribution < -0.4 is 4.74 Å². The summed E-state index contributed by atoms with van der Waals surface area (Å²) in [5.74, 6) is -0.299. The summed E-state index contributed by atoms with van der Waals surface area (Å²) >= 11 is 0. The third-order valence-electron chi connectivity index (χ3n) is 1.47. The van der Waals surface area contributed by atoms with Crippen LogP contribution in [0.5, 0.6) is 5.75 Å². The van der Waals surface area contributed by atoms with E-state index in [2.05, 4.69) is 14.8 Å². The van der Waals surface area contributed by atoms with E-state index in [1.54, 1.807) is 0 Å². The Labute approximate surface area is 90.3 Å². The summed E-state index contributed by atoms with van der Waals surface area (Å²) in [5.41, 5.74) is 8.63. The first-order chi connectivity index (χ1) is 7.01. The molecule has 0 amide bonds. The molecule has 0 aliphatic carbocycles. The van der Waals surface area contributed by atoms with Crippen molar-refractivity contribution in [2.45, 2.75) is 12.9 Å². The van der Waals surface area contributed by atoms with E-state index >= 15 is 0 Å². The fourth-order valence-corrected chi connectivity index (χ4v) is 0.910. The van der Waals surface area contributed by atoms with Crippen molar-refractivity contribution in [2.24, 2.45) is 5.11 Å². The number of hydrogen-bond donors (Lipinski definition) is 0. The Kier molecular flexibility index (Phi) is 3.41. The topological polar surface area (TPSA) is 58.0 Å². The third kappa shape index (κ3) is 4.24. The van der Waals surface area contributed by atoms with Crippen LogP contribution in [0.15, 0.2) is 29.4 Å². The van der Waals surface area contributed by atoms with Gasteiger partial charge in [-0.1, -0.05) is 17.2 Å². The monoisotopic (exact) mass is 227 g/mol. The van der Waals surface area contributed by atoms with Crippen molar-refractivity contribution in [3.63, 3.8) is 0 Å². The molecule has 4 nitrogen and oxygen atoms in total. The lowest BCUT2D eigenvalue weighted by molar-refractivity contribution is -0.274. The standard InChI is InChI=1S/C8H6F3N3O.5H2/c9-8(10,11)15-7-3-1-6(2-4-7)5-13-14-12;;;;;/h1-4H,5H2;5*1H. The first-order valence-corrected chi connectivity index (χ1v) is 3.87. The second-order valence-electron chi connectivity index (χ2n) is 2.58. The Balaban J connectivity index is -0.000000150. The maximum atomic E-state index is 11.8. The molecule has 0 aliphatic heterocycles. The summed E-state index contributed by atoms with van der Waals surface area (Å²) in [6.07, 6.45) is -4.69. The van der Waals surface area contributed by atoms with E-state index in [4.69, 9.17) is 5.53 Å². The van der Waals surface area contributed by atoms with E-state index in [9.17, 15) is 13.2 Å². The van der Waals surface area contributed by atoms with Crippen LogP contribution >= 0.6 is 0 Å². The van der Waals surface area contributed by atoms with Gasteiger partial charge in [0.05, 0.1) is 6.54 Å². The molecule has 0 radical (unpaired) electrons. The molecule has 7 heteroatoms. The number of halogens is 3. The zero-order valence-corrected chi connectivity index (χ0v) is 7.40. The van der Waals surface area contributed by atoms with Gasteiger partial charge in [0, 0.05) is 12.0 Å². The molecule has 0 fully saturated rings. The molecule has 0 N–H and O–H groups in total. The van der Waals surface area contributed by atoms with Gasteiger partial charge >= 0.3 is 6.36 Å². The molecule has 0 bridgehead atoms. The molecule has 15 heavy (non-hydrogen) atoms. The zero-order valence-electron chi connectivity index (χ0n) is 7.40. The Bertz CT molecular complexity index is 384. The third-order valence-corrected chi connectivity index (χ3v) is 1.47. The number of benzene rings is 1. The lowest BCUT2D eigenvalue weighted by atomic mass is 10.2. The molecule has 1 aromatic carbocycles. The predicted octanol–water partition coefficient (Wildman–Crippen LogP) is 4.63. The van der Waals surface area contributed by atoms with E-state index in [0.717, 1.165) is 12.1 Å². The fourth-order valence-electron chi connectivity index (χ4n) is 0.910. The molecule has 1 aromatic rings. The lowest BCUT2D eigenvalue weighted by Gasteiger charge is -2.08. The van der Waals surface area contributed by atoms with Crippen LogP contribution in [0, 0.1) is 0 Å². The van der Waals surface area contributed by atoms with Gasteiger partial charge < -0.3 is 4.74 Å². The Morgan fingerprint density at radius 3 is 2.40 bits per heavy atom. The average molecular weight is 227 g/mol. The molecule has 0 heterocycles. The van der Waals surface area contributed by atoms with Crippen molar-refractivity contribution < 1.29 is 25.0 Å². The van der Waals surface area contributed by atoms with E-state index in [-0.39, 0.29) is 19.4 Å². The summed E-state index contributed by atoms with van der Waals surface area (Å²) < 4.78 is 38.9. The van der Waals surface area contributed by atoms with Crippen molar-refractivity contribution >= 4 is 0 Å². The predicted molar refractivity (Wildman–Crippen MR) is 56.5 cm³/mol. The van der Waals surface area contributed by atoms with Gasteiger partial charge in [0.2, 0.25) is 0 Å². The molecule has 1 rings (SSSR count). The minimum atomic E-state index is -4.69. The molecule has 0 unspecified atom stereocenters. The minimum absolute atomic E-state index is 0. The van der Waals surface area contributed by atoms with E-state index in [1.165, 1.54) is 12.1 Å². The van der Waals surface area contributed by atoms with Crippen LogP contribution in [-0.4, -0.2) is 6.36 Å². The minimum Gasteiger partial charge on any atom is -0.406 e. The van der Waals surface area contributed by atoms with E-state index < -0.39 is 6.36 Å². The second kappa shape index (κ2) is 4.56. The van der Waals surface area contributed by atoms with Crippen LogP contribution in [-0.2, 0) is 6.54 Å². The molecule has 0 aliphatic rings. The quantitative estimate of drug-likeness (QED) is 0.422. The van der Waals surface area contributed by atoms with Gasteiger partial charge in [0.15, 0.2) is 0 Å². The van der Waals surface area contributed by atoms with Gasteiger partial charge in [0.25, 0.3) is 0 Å². The smallest absolute Gasteiger partial charge is 0.406 e. The summed E-state index contributed by atoms with van der Waals surface area (Å²) in [4.78, 5) is 2.53. The average Bonchev–Trinajstić information content (AvgIpc) is 2.14. The molecular formula is C8H16F3N3O. The summed E-state index contributed by atoms with van der Waals surface area (Å²) in [6, 6.07) is 5.12. The van der Waals surface area contributed by atoms with Gasteiger partial charge in [0.1, 0.15) is 5.75 Å². The number of hydrogen-bond acceptors (Lipinski definition) is 2. The zero-order chi connectivity index (χ0) is 11.3. The van der Waals surface area contributed by atoms with Crippen LogP contribution in [0.4, 0.5) is 13.2 Å². The van der Waals surface area contributed by atoms with Crippen molar-refractivity contribution in [3.8, 4) is 5.75 Å². The molecule has 0 saturated heterocycles. The summed E-state index contributed by atoms with van der Waals surface area (Å²) in [7, 11) is 0. The lowest BCUT2D eigenvalue weighted by Crippen LogP contribution is -2.16. The Hall–Kier alpha value is -1.88. The largest absolute Gasteiger partial charge is 0.573 e. The number of alkyl halides is 3. The SMILES string of the molecule is [HH].[HH].[HH].[HH].[HH].[N-]=[N+]=NCc1ccc(OC(F)(F)F)cc1. The highest BCUT2D eigenvalue weighted by atomic mass is 19.4. The molecule has 0 spiro atoms. The van der Waals surface area contributed by atoms with Crippen LogP contribution in [0.1, 0.15) is 12.7 Å². The molecule has 0 aromatic heterocycles. The van der Waals surface area contributed by atoms with Crippen LogP contribution in [0.2, 0.25) is 0 Å². The molecule has 0 atom stereocenters. The van der Waals surface area contributed by atoms with Crippen LogP contribution in [0.3, 0.4) is 0 Å². The maximum absolute atomic E-state index is 11.8. The molecule has 90 valence electrons.